The van der Waals surface area contributed by atoms with Gasteiger partial charge in [-0.3, -0.25) is 0 Å². The first kappa shape index (κ1) is 16.3. The summed E-state index contributed by atoms with van der Waals surface area (Å²) in [5.41, 5.74) is -0.655. The van der Waals surface area contributed by atoms with Gasteiger partial charge in [-0.1, -0.05) is 25.4 Å². The Labute approximate surface area is 131 Å². The monoisotopic (exact) mass is 312 g/mol. The van der Waals surface area contributed by atoms with Crippen molar-refractivity contribution < 1.29 is 5.11 Å². The van der Waals surface area contributed by atoms with Crippen LogP contribution in [0.15, 0.2) is 6.20 Å². The number of aliphatic hydroxyl groups is 1. The number of anilines is 2. The predicted molar refractivity (Wildman–Crippen MR) is 86.9 cm³/mol. The molecule has 0 amide bonds. The molecule has 0 bridgehead atoms. The number of aromatic nitrogens is 2. The Morgan fingerprint density at radius 2 is 2.10 bits per heavy atom. The molecule has 0 spiro atoms. The van der Waals surface area contributed by atoms with E-state index in [1.54, 1.807) is 6.20 Å². The van der Waals surface area contributed by atoms with E-state index >= 15 is 0 Å². The summed E-state index contributed by atoms with van der Waals surface area (Å²) in [5.74, 6) is 1.85. The number of nitrogens with one attached hydrogen (secondary N) is 2. The lowest BCUT2D eigenvalue weighted by atomic mass is 9.79. The van der Waals surface area contributed by atoms with Gasteiger partial charge >= 0.3 is 0 Å². The molecule has 1 saturated carbocycles. The van der Waals surface area contributed by atoms with Gasteiger partial charge in [-0.2, -0.15) is 4.98 Å². The number of hydrogen-bond donors (Lipinski definition) is 3. The van der Waals surface area contributed by atoms with Crippen LogP contribution >= 0.6 is 11.6 Å². The highest BCUT2D eigenvalue weighted by atomic mass is 35.5. The lowest BCUT2D eigenvalue weighted by Gasteiger charge is -2.35. The van der Waals surface area contributed by atoms with Gasteiger partial charge < -0.3 is 15.7 Å². The summed E-state index contributed by atoms with van der Waals surface area (Å²) in [4.78, 5) is 8.51. The third-order valence-corrected chi connectivity index (χ3v) is 4.34. The lowest BCUT2D eigenvalue weighted by Crippen LogP contribution is -2.40. The van der Waals surface area contributed by atoms with Crippen molar-refractivity contribution in [3.8, 4) is 0 Å². The van der Waals surface area contributed by atoms with Crippen molar-refractivity contribution in [1.82, 2.24) is 9.97 Å². The van der Waals surface area contributed by atoms with Gasteiger partial charge in [0.05, 0.1) is 11.8 Å². The summed E-state index contributed by atoms with van der Waals surface area (Å²) < 4.78 is 0. The maximum Gasteiger partial charge on any atom is 0.224 e. The molecule has 1 aromatic rings. The summed E-state index contributed by atoms with van der Waals surface area (Å²) >= 11 is 6.12. The largest absolute Gasteiger partial charge is 0.388 e. The first-order valence-corrected chi connectivity index (χ1v) is 8.13. The van der Waals surface area contributed by atoms with E-state index in [1.807, 2.05) is 0 Å². The molecular formula is C15H25ClN4O. The molecule has 118 valence electrons. The fraction of sp³-hybridized carbons (Fsp3) is 0.733. The smallest absolute Gasteiger partial charge is 0.224 e. The minimum atomic E-state index is -0.655. The second-order valence-corrected chi connectivity index (χ2v) is 6.48. The van der Waals surface area contributed by atoms with Gasteiger partial charge in [0.2, 0.25) is 5.95 Å². The SMILES string of the molecule is CCCNc1ncc(Cl)c(NCC2(O)CCC(C)CC2)n1. The van der Waals surface area contributed by atoms with E-state index in [0.29, 0.717) is 29.3 Å². The van der Waals surface area contributed by atoms with Crippen LogP contribution in [0.3, 0.4) is 0 Å². The van der Waals surface area contributed by atoms with Crippen LogP contribution in [0.5, 0.6) is 0 Å². The topological polar surface area (TPSA) is 70.1 Å². The van der Waals surface area contributed by atoms with E-state index in [0.717, 1.165) is 38.6 Å². The molecule has 1 aliphatic rings. The number of hydrogen-bond acceptors (Lipinski definition) is 5. The molecule has 1 aromatic heterocycles. The van der Waals surface area contributed by atoms with E-state index in [2.05, 4.69) is 34.4 Å². The first-order valence-electron chi connectivity index (χ1n) is 7.75. The standard InChI is InChI=1S/C15H25ClN4O/c1-3-8-17-14-18-9-12(16)13(20-14)19-10-15(21)6-4-11(2)5-7-15/h9,11,21H,3-8,10H2,1-2H3,(H2,17,18,19,20). The summed E-state index contributed by atoms with van der Waals surface area (Å²) in [7, 11) is 0. The summed E-state index contributed by atoms with van der Waals surface area (Å²) in [6.45, 7) is 5.62. The average Bonchev–Trinajstić information content (AvgIpc) is 2.48. The quantitative estimate of drug-likeness (QED) is 0.752. The van der Waals surface area contributed by atoms with Gasteiger partial charge in [0.15, 0.2) is 5.82 Å². The molecule has 0 aromatic carbocycles. The second kappa shape index (κ2) is 7.27. The van der Waals surface area contributed by atoms with E-state index in [1.165, 1.54) is 0 Å². The molecule has 0 atom stereocenters. The zero-order valence-corrected chi connectivity index (χ0v) is 13.6. The van der Waals surface area contributed by atoms with Crippen LogP contribution in [-0.2, 0) is 0 Å². The zero-order valence-electron chi connectivity index (χ0n) is 12.8. The molecule has 0 radical (unpaired) electrons. The Morgan fingerprint density at radius 3 is 2.76 bits per heavy atom. The molecule has 1 aliphatic carbocycles. The van der Waals surface area contributed by atoms with Crippen molar-refractivity contribution in [3.05, 3.63) is 11.2 Å². The van der Waals surface area contributed by atoms with Crippen LogP contribution in [0.1, 0.15) is 46.0 Å². The van der Waals surface area contributed by atoms with Gasteiger partial charge in [0.25, 0.3) is 0 Å². The summed E-state index contributed by atoms with van der Waals surface area (Å²) in [6.07, 6.45) is 6.38. The number of nitrogens with zero attached hydrogens (tertiary/aromatic N) is 2. The van der Waals surface area contributed by atoms with Gasteiger partial charge in [-0.15, -0.1) is 0 Å². The highest BCUT2D eigenvalue weighted by Gasteiger charge is 2.31. The Balaban J connectivity index is 1.95. The third-order valence-electron chi connectivity index (χ3n) is 4.07. The fourth-order valence-corrected chi connectivity index (χ4v) is 2.70. The lowest BCUT2D eigenvalue weighted by molar-refractivity contribution is 0.00495. The van der Waals surface area contributed by atoms with E-state index in [9.17, 15) is 5.11 Å². The summed E-state index contributed by atoms with van der Waals surface area (Å²) in [6, 6.07) is 0. The third kappa shape index (κ3) is 4.71. The normalized spacial score (nSPS) is 25.6. The Kier molecular flexibility index (Phi) is 5.65. The molecule has 0 saturated heterocycles. The fourth-order valence-electron chi connectivity index (χ4n) is 2.54. The van der Waals surface area contributed by atoms with Crippen LogP contribution in [0.4, 0.5) is 11.8 Å². The highest BCUT2D eigenvalue weighted by Crippen LogP contribution is 2.32. The number of halogens is 1. The van der Waals surface area contributed by atoms with Gasteiger partial charge in [0, 0.05) is 13.1 Å². The Morgan fingerprint density at radius 1 is 1.38 bits per heavy atom. The minimum absolute atomic E-state index is 0.476. The molecule has 0 unspecified atom stereocenters. The molecule has 6 heteroatoms. The number of rotatable bonds is 6. The van der Waals surface area contributed by atoms with Gasteiger partial charge in [0.1, 0.15) is 5.02 Å². The van der Waals surface area contributed by atoms with Crippen LogP contribution in [0.25, 0.3) is 0 Å². The maximum atomic E-state index is 10.6. The van der Waals surface area contributed by atoms with Crippen molar-refractivity contribution in [3.63, 3.8) is 0 Å². The van der Waals surface area contributed by atoms with E-state index in [-0.39, 0.29) is 0 Å². The van der Waals surface area contributed by atoms with Crippen LogP contribution in [0, 0.1) is 5.92 Å². The van der Waals surface area contributed by atoms with Crippen molar-refractivity contribution in [2.24, 2.45) is 5.92 Å². The average molecular weight is 313 g/mol. The predicted octanol–water partition coefficient (Wildman–Crippen LogP) is 3.31. The van der Waals surface area contributed by atoms with Crippen molar-refractivity contribution >= 4 is 23.4 Å². The molecule has 5 nitrogen and oxygen atoms in total. The highest BCUT2D eigenvalue weighted by molar-refractivity contribution is 6.32. The molecule has 2 rings (SSSR count). The Bertz CT molecular complexity index is 461. The summed E-state index contributed by atoms with van der Waals surface area (Å²) in [5, 5.41) is 17.4. The molecular weight excluding hydrogens is 288 g/mol. The second-order valence-electron chi connectivity index (χ2n) is 6.08. The van der Waals surface area contributed by atoms with E-state index in [4.69, 9.17) is 11.6 Å². The molecule has 21 heavy (non-hydrogen) atoms. The zero-order chi connectivity index (χ0) is 15.3. The molecule has 1 heterocycles. The van der Waals surface area contributed by atoms with Crippen molar-refractivity contribution in [1.29, 1.82) is 0 Å². The molecule has 3 N–H and O–H groups in total. The van der Waals surface area contributed by atoms with Gasteiger partial charge in [-0.05, 0) is 38.0 Å². The van der Waals surface area contributed by atoms with Crippen molar-refractivity contribution in [2.45, 2.75) is 51.6 Å². The van der Waals surface area contributed by atoms with Crippen LogP contribution < -0.4 is 10.6 Å². The molecule has 0 aliphatic heterocycles. The minimum Gasteiger partial charge on any atom is -0.388 e. The van der Waals surface area contributed by atoms with Crippen LogP contribution in [0.2, 0.25) is 5.02 Å². The van der Waals surface area contributed by atoms with Crippen LogP contribution in [-0.4, -0.2) is 33.8 Å². The van der Waals surface area contributed by atoms with Gasteiger partial charge in [-0.25, -0.2) is 4.98 Å². The maximum absolute atomic E-state index is 10.6. The Hall–Kier alpha value is -1.07. The first-order chi connectivity index (χ1) is 10.0. The molecule has 1 fully saturated rings. The van der Waals surface area contributed by atoms with E-state index < -0.39 is 5.60 Å². The van der Waals surface area contributed by atoms with Crippen molar-refractivity contribution in [2.75, 3.05) is 23.7 Å².